The average molecular weight is 156 g/mol. The Kier molecular flexibility index (Phi) is 2.41. The van der Waals surface area contributed by atoms with Crippen molar-refractivity contribution >= 4 is 0 Å². The maximum Gasteiger partial charge on any atom is 0.0743 e. The predicted molar refractivity (Wildman–Crippen MR) is 42.4 cm³/mol. The summed E-state index contributed by atoms with van der Waals surface area (Å²) in [6.45, 7) is 4.32. The summed E-state index contributed by atoms with van der Waals surface area (Å²) in [4.78, 5) is 5.60. The Morgan fingerprint density at radius 1 is 1.36 bits per heavy atom. The Morgan fingerprint density at radius 3 is 3.36 bits per heavy atom. The summed E-state index contributed by atoms with van der Waals surface area (Å²) in [6.07, 6.45) is 5.83. The Bertz CT molecular complexity index is 115. The zero-order valence-electron chi connectivity index (χ0n) is 6.79. The molecule has 0 aromatic rings. The van der Waals surface area contributed by atoms with E-state index in [4.69, 9.17) is 0 Å². The molecule has 3 nitrogen and oxygen atoms in total. The molecule has 2 rings (SSSR count). The summed E-state index contributed by atoms with van der Waals surface area (Å²) in [7, 11) is 0. The first-order chi connectivity index (χ1) is 5.47. The Hall–Kier alpha value is -0.120. The standard InChI is InChI=1S/C8H15N2O/c1-2-4-8-9-11-7-6-10(8)5-3-1/h7-8,11H,1-6H2/q-1/p+1. The van der Waals surface area contributed by atoms with Crippen molar-refractivity contribution in [1.29, 1.82) is 0 Å². The largest absolute Gasteiger partial charge is 0.629 e. The van der Waals surface area contributed by atoms with Crippen molar-refractivity contribution in [3.05, 3.63) is 12.1 Å². The van der Waals surface area contributed by atoms with Gasteiger partial charge in [-0.3, -0.25) is 0 Å². The van der Waals surface area contributed by atoms with Crippen molar-refractivity contribution in [2.24, 2.45) is 0 Å². The third kappa shape index (κ3) is 1.72. The molecule has 0 saturated carbocycles. The van der Waals surface area contributed by atoms with Gasteiger partial charge in [-0.1, -0.05) is 0 Å². The van der Waals surface area contributed by atoms with Gasteiger partial charge < -0.3 is 15.2 Å². The molecule has 2 saturated heterocycles. The molecule has 0 radical (unpaired) electrons. The van der Waals surface area contributed by atoms with Crippen LogP contribution in [0.25, 0.3) is 5.48 Å². The number of quaternary nitrogens is 1. The molecule has 3 heteroatoms. The highest BCUT2D eigenvalue weighted by molar-refractivity contribution is 4.76. The number of hydroxylamine groups is 1. The van der Waals surface area contributed by atoms with Gasteiger partial charge in [0.25, 0.3) is 0 Å². The highest BCUT2D eigenvalue weighted by Gasteiger charge is 2.19. The monoisotopic (exact) mass is 156 g/mol. The van der Waals surface area contributed by atoms with Crippen LogP contribution in [0.1, 0.15) is 25.7 Å². The van der Waals surface area contributed by atoms with Crippen LogP contribution in [0, 0.1) is 6.61 Å². The highest BCUT2D eigenvalue weighted by Crippen LogP contribution is 2.11. The molecule has 64 valence electrons. The molecule has 0 aromatic carbocycles. The molecule has 2 aliphatic heterocycles. The van der Waals surface area contributed by atoms with Crippen molar-refractivity contribution in [3.8, 4) is 0 Å². The lowest BCUT2D eigenvalue weighted by Crippen LogP contribution is -3.16. The van der Waals surface area contributed by atoms with E-state index in [0.717, 1.165) is 6.54 Å². The first-order valence-corrected chi connectivity index (χ1v) is 4.53. The second-order valence-corrected chi connectivity index (χ2v) is 3.39. The van der Waals surface area contributed by atoms with Crippen molar-refractivity contribution < 1.29 is 9.74 Å². The van der Waals surface area contributed by atoms with Gasteiger partial charge in [-0.25, -0.2) is 0 Å². The molecule has 2 heterocycles. The number of nitrogens with one attached hydrogen (secondary N) is 1. The maximum atomic E-state index is 4.24. The molecule has 0 amide bonds. The van der Waals surface area contributed by atoms with E-state index in [9.17, 15) is 0 Å². The van der Waals surface area contributed by atoms with Gasteiger partial charge in [-0.2, -0.15) is 0 Å². The molecule has 0 spiro atoms. The zero-order chi connectivity index (χ0) is 7.52. The van der Waals surface area contributed by atoms with E-state index >= 15 is 0 Å². The van der Waals surface area contributed by atoms with Crippen LogP contribution in [0.3, 0.4) is 0 Å². The fourth-order valence-corrected chi connectivity index (χ4v) is 1.90. The number of hydrogen-bond donors (Lipinski definition) is 1. The molecular formula is C8H16N2O. The van der Waals surface area contributed by atoms with Gasteiger partial charge >= 0.3 is 0 Å². The van der Waals surface area contributed by atoms with Crippen LogP contribution in [0.4, 0.5) is 0 Å². The van der Waals surface area contributed by atoms with Crippen molar-refractivity contribution in [2.45, 2.75) is 31.8 Å². The van der Waals surface area contributed by atoms with E-state index in [1.54, 1.807) is 4.90 Å². The van der Waals surface area contributed by atoms with Crippen LogP contribution in [-0.2, 0) is 0 Å². The van der Waals surface area contributed by atoms with Crippen LogP contribution in [0.2, 0.25) is 0 Å². The Labute approximate surface area is 67.7 Å². The van der Waals surface area contributed by atoms with Crippen LogP contribution in [-0.4, -0.2) is 24.1 Å². The molecule has 2 N–H and O–H groups in total. The van der Waals surface area contributed by atoms with Gasteiger partial charge in [0.15, 0.2) is 0 Å². The fraction of sp³-hybridized carbons (Fsp3) is 0.875. The zero-order valence-corrected chi connectivity index (χ0v) is 6.79. The first-order valence-electron chi connectivity index (χ1n) is 4.53. The molecule has 2 fully saturated rings. The quantitative estimate of drug-likeness (QED) is 0.385. The predicted octanol–water partition coefficient (Wildman–Crippen LogP) is 0.245. The third-order valence-electron chi connectivity index (χ3n) is 2.59. The van der Waals surface area contributed by atoms with Crippen LogP contribution < -0.4 is 4.90 Å². The lowest BCUT2D eigenvalue weighted by molar-refractivity contribution is -0.925. The summed E-state index contributed by atoms with van der Waals surface area (Å²) < 4.78 is 0. The molecule has 2 unspecified atom stereocenters. The maximum absolute atomic E-state index is 4.24. The first kappa shape index (κ1) is 7.53. The third-order valence-corrected chi connectivity index (χ3v) is 2.59. The van der Waals surface area contributed by atoms with Crippen molar-refractivity contribution in [3.63, 3.8) is 0 Å². The van der Waals surface area contributed by atoms with Gasteiger partial charge in [-0.05, 0) is 32.3 Å². The van der Waals surface area contributed by atoms with Gasteiger partial charge in [0.1, 0.15) is 0 Å². The van der Waals surface area contributed by atoms with E-state index < -0.39 is 0 Å². The SMILES string of the molecule is [CH-]1C[NH+]2CCCCCC2[N-][OH+]1. The smallest absolute Gasteiger partial charge is 0.0743 e. The molecule has 0 aliphatic carbocycles. The minimum absolute atomic E-state index is 0.488. The van der Waals surface area contributed by atoms with Gasteiger partial charge in [0, 0.05) is 6.54 Å². The van der Waals surface area contributed by atoms with E-state index in [2.05, 4.69) is 10.3 Å². The van der Waals surface area contributed by atoms with E-state index in [0.29, 0.717) is 6.17 Å². The fourth-order valence-electron chi connectivity index (χ4n) is 1.90. The lowest BCUT2D eigenvalue weighted by atomic mass is 10.2. The van der Waals surface area contributed by atoms with Crippen LogP contribution in [0.5, 0.6) is 0 Å². The summed E-state index contributed by atoms with van der Waals surface area (Å²) in [5.41, 5.74) is 4.24. The van der Waals surface area contributed by atoms with E-state index in [1.165, 1.54) is 32.2 Å². The number of fused-ring (bicyclic) bond motifs is 1. The topological polar surface area (TPSA) is 31.3 Å². The van der Waals surface area contributed by atoms with Crippen LogP contribution in [0.15, 0.2) is 0 Å². The van der Waals surface area contributed by atoms with Crippen molar-refractivity contribution in [1.82, 2.24) is 0 Å². The van der Waals surface area contributed by atoms with E-state index in [-0.39, 0.29) is 0 Å². The summed E-state index contributed by atoms with van der Waals surface area (Å²) in [5, 5.41) is 0. The van der Waals surface area contributed by atoms with Crippen LogP contribution >= 0.6 is 0 Å². The molecule has 0 aromatic heterocycles. The summed E-state index contributed by atoms with van der Waals surface area (Å²) >= 11 is 0. The second-order valence-electron chi connectivity index (χ2n) is 3.39. The molecule has 2 atom stereocenters. The van der Waals surface area contributed by atoms with Crippen molar-refractivity contribution in [2.75, 3.05) is 13.1 Å². The summed E-state index contributed by atoms with van der Waals surface area (Å²) in [6, 6.07) is 0. The van der Waals surface area contributed by atoms with Gasteiger partial charge in [0.2, 0.25) is 0 Å². The van der Waals surface area contributed by atoms with Gasteiger partial charge in [-0.15, -0.1) is 0 Å². The average Bonchev–Trinajstić information content (AvgIpc) is 2.28. The number of rotatable bonds is 0. The molecule has 2 aliphatic rings. The molecule has 11 heavy (non-hydrogen) atoms. The van der Waals surface area contributed by atoms with Gasteiger partial charge in [0.05, 0.1) is 12.7 Å². The number of nitrogens with zero attached hydrogens (tertiary/aromatic N) is 1. The highest BCUT2D eigenvalue weighted by atomic mass is 16.7. The van der Waals surface area contributed by atoms with E-state index in [1.807, 2.05) is 6.61 Å². The normalized spacial score (nSPS) is 39.3. The molecular weight excluding hydrogens is 140 g/mol. The Balaban J connectivity index is 1.93. The lowest BCUT2D eigenvalue weighted by Gasteiger charge is -2.42. The number of aliphatic hydroxyl groups is 1. The second kappa shape index (κ2) is 3.52. The summed E-state index contributed by atoms with van der Waals surface area (Å²) in [5.74, 6) is 0. The molecule has 0 bridgehead atoms. The Morgan fingerprint density at radius 2 is 2.36 bits per heavy atom. The minimum atomic E-state index is 0.488. The minimum Gasteiger partial charge on any atom is -0.629 e. The number of hydrogen-bond acceptors (Lipinski definition) is 0.